The van der Waals surface area contributed by atoms with Gasteiger partial charge in [-0.3, -0.25) is 20.4 Å². The first-order chi connectivity index (χ1) is 9.97. The highest BCUT2D eigenvalue weighted by Crippen LogP contribution is 2.13. The van der Waals surface area contributed by atoms with Crippen LogP contribution in [0.2, 0.25) is 0 Å². The minimum Gasteiger partial charge on any atom is -0.267 e. The monoisotopic (exact) mass is 394 g/mol. The Balaban J connectivity index is 2.00. The molecular formula is C16H15IN2O2. The Morgan fingerprint density at radius 2 is 1.52 bits per heavy atom. The highest BCUT2D eigenvalue weighted by atomic mass is 127. The zero-order chi connectivity index (χ0) is 15.4. The maximum Gasteiger partial charge on any atom is 0.269 e. The van der Waals surface area contributed by atoms with Crippen LogP contribution in [-0.2, 0) is 0 Å². The summed E-state index contributed by atoms with van der Waals surface area (Å²) in [6.45, 7) is 3.88. The first kappa shape index (κ1) is 15.5. The van der Waals surface area contributed by atoms with Crippen molar-refractivity contribution in [3.05, 3.63) is 68.3 Å². The van der Waals surface area contributed by atoms with E-state index in [0.717, 1.165) is 14.7 Å². The summed E-state index contributed by atoms with van der Waals surface area (Å²) in [7, 11) is 0. The van der Waals surface area contributed by atoms with E-state index in [1.165, 1.54) is 0 Å². The van der Waals surface area contributed by atoms with Crippen molar-refractivity contribution < 1.29 is 9.59 Å². The predicted octanol–water partition coefficient (Wildman–Crippen LogP) is 2.98. The molecular weight excluding hydrogens is 379 g/mol. The Bertz CT molecular complexity index is 698. The van der Waals surface area contributed by atoms with Crippen molar-refractivity contribution in [1.82, 2.24) is 10.9 Å². The molecule has 2 rings (SSSR count). The summed E-state index contributed by atoms with van der Waals surface area (Å²) in [5, 5.41) is 0. The number of benzene rings is 2. The molecule has 0 unspecified atom stereocenters. The summed E-state index contributed by atoms with van der Waals surface area (Å²) in [6.07, 6.45) is 0. The fourth-order valence-electron chi connectivity index (χ4n) is 1.78. The van der Waals surface area contributed by atoms with E-state index in [4.69, 9.17) is 0 Å². The average Bonchev–Trinajstić information content (AvgIpc) is 2.47. The van der Waals surface area contributed by atoms with Crippen LogP contribution in [0.5, 0.6) is 0 Å². The number of hydrogen-bond acceptors (Lipinski definition) is 2. The van der Waals surface area contributed by atoms with Gasteiger partial charge in [0, 0.05) is 14.7 Å². The molecule has 2 N–H and O–H groups in total. The topological polar surface area (TPSA) is 58.2 Å². The van der Waals surface area contributed by atoms with Gasteiger partial charge in [-0.2, -0.15) is 0 Å². The highest BCUT2D eigenvalue weighted by Gasteiger charge is 2.10. The molecule has 0 aliphatic heterocycles. The lowest BCUT2D eigenvalue weighted by Gasteiger charge is -2.08. The van der Waals surface area contributed by atoms with Gasteiger partial charge in [-0.15, -0.1) is 0 Å². The Kier molecular flexibility index (Phi) is 4.95. The van der Waals surface area contributed by atoms with E-state index in [1.807, 2.05) is 26.0 Å². The Morgan fingerprint density at radius 3 is 2.10 bits per heavy atom. The fraction of sp³-hybridized carbons (Fsp3) is 0.125. The average molecular weight is 394 g/mol. The molecule has 0 aliphatic rings. The molecule has 0 heterocycles. The SMILES string of the molecule is Cc1cccc(C(=O)NNC(=O)c2ccc(C)c(I)c2)c1. The Morgan fingerprint density at radius 1 is 0.905 bits per heavy atom. The van der Waals surface area contributed by atoms with Gasteiger partial charge in [0.05, 0.1) is 0 Å². The largest absolute Gasteiger partial charge is 0.269 e. The molecule has 2 aromatic rings. The van der Waals surface area contributed by atoms with Gasteiger partial charge >= 0.3 is 0 Å². The smallest absolute Gasteiger partial charge is 0.267 e. The van der Waals surface area contributed by atoms with E-state index in [-0.39, 0.29) is 11.8 Å². The summed E-state index contributed by atoms with van der Waals surface area (Å²) < 4.78 is 1.00. The Hall–Kier alpha value is -1.89. The summed E-state index contributed by atoms with van der Waals surface area (Å²) >= 11 is 2.17. The number of aryl methyl sites for hydroxylation is 2. The second-order valence-corrected chi connectivity index (χ2v) is 5.90. The molecule has 0 saturated carbocycles. The van der Waals surface area contributed by atoms with E-state index in [9.17, 15) is 9.59 Å². The zero-order valence-corrected chi connectivity index (χ0v) is 13.9. The predicted molar refractivity (Wildman–Crippen MR) is 90.0 cm³/mol. The molecule has 2 aromatic carbocycles. The molecule has 4 nitrogen and oxygen atoms in total. The maximum atomic E-state index is 12.0. The van der Waals surface area contributed by atoms with Crippen LogP contribution in [0.3, 0.4) is 0 Å². The van der Waals surface area contributed by atoms with Gasteiger partial charge in [0.25, 0.3) is 11.8 Å². The Labute approximate surface area is 137 Å². The lowest BCUT2D eigenvalue weighted by Crippen LogP contribution is -2.41. The molecule has 21 heavy (non-hydrogen) atoms. The first-order valence-corrected chi connectivity index (χ1v) is 7.49. The van der Waals surface area contributed by atoms with E-state index >= 15 is 0 Å². The van der Waals surface area contributed by atoms with Gasteiger partial charge in [0.15, 0.2) is 0 Å². The van der Waals surface area contributed by atoms with Crippen LogP contribution in [0, 0.1) is 17.4 Å². The number of halogens is 1. The van der Waals surface area contributed by atoms with Gasteiger partial charge < -0.3 is 0 Å². The van der Waals surface area contributed by atoms with Crippen LogP contribution in [-0.4, -0.2) is 11.8 Å². The third-order valence-electron chi connectivity index (χ3n) is 3.00. The molecule has 0 bridgehead atoms. The molecule has 0 atom stereocenters. The second-order valence-electron chi connectivity index (χ2n) is 4.74. The normalized spacial score (nSPS) is 10.0. The standard InChI is InChI=1S/C16H15IN2O2/c1-10-4-3-5-12(8-10)15(20)18-19-16(21)13-7-6-11(2)14(17)9-13/h3-9H,1-2H3,(H,18,20)(H,19,21). The fourth-order valence-corrected chi connectivity index (χ4v) is 2.29. The minimum atomic E-state index is -0.339. The third-order valence-corrected chi connectivity index (χ3v) is 4.17. The number of rotatable bonds is 2. The van der Waals surface area contributed by atoms with Crippen molar-refractivity contribution in [3.63, 3.8) is 0 Å². The number of carbonyl (C=O) groups is 2. The summed E-state index contributed by atoms with van der Waals surface area (Å²) in [4.78, 5) is 23.9. The number of nitrogens with one attached hydrogen (secondary N) is 2. The molecule has 5 heteroatoms. The van der Waals surface area contributed by atoms with Gasteiger partial charge in [-0.25, -0.2) is 0 Å². The molecule has 0 radical (unpaired) electrons. The van der Waals surface area contributed by atoms with Crippen LogP contribution < -0.4 is 10.9 Å². The highest BCUT2D eigenvalue weighted by molar-refractivity contribution is 14.1. The van der Waals surface area contributed by atoms with Crippen molar-refractivity contribution in [2.75, 3.05) is 0 Å². The van der Waals surface area contributed by atoms with Crippen LogP contribution in [0.15, 0.2) is 42.5 Å². The minimum absolute atomic E-state index is 0.339. The number of hydrogen-bond donors (Lipinski definition) is 2. The van der Waals surface area contributed by atoms with Crippen molar-refractivity contribution in [2.45, 2.75) is 13.8 Å². The lowest BCUT2D eigenvalue weighted by molar-refractivity contribution is 0.0846. The number of amides is 2. The second kappa shape index (κ2) is 6.71. The van der Waals surface area contributed by atoms with E-state index in [1.54, 1.807) is 30.3 Å². The maximum absolute atomic E-state index is 12.0. The number of hydrazine groups is 1. The van der Waals surface area contributed by atoms with Crippen molar-refractivity contribution >= 4 is 34.4 Å². The first-order valence-electron chi connectivity index (χ1n) is 6.41. The van der Waals surface area contributed by atoms with Crippen molar-refractivity contribution in [1.29, 1.82) is 0 Å². The molecule has 0 spiro atoms. The third kappa shape index (κ3) is 4.04. The van der Waals surface area contributed by atoms with Gasteiger partial charge in [0.2, 0.25) is 0 Å². The van der Waals surface area contributed by atoms with Gasteiger partial charge in [-0.05, 0) is 66.3 Å². The van der Waals surface area contributed by atoms with Crippen LogP contribution in [0.1, 0.15) is 31.8 Å². The summed E-state index contributed by atoms with van der Waals surface area (Å²) in [5.74, 6) is -0.678. The van der Waals surface area contributed by atoms with Gasteiger partial charge in [0.1, 0.15) is 0 Å². The van der Waals surface area contributed by atoms with E-state index in [2.05, 4.69) is 33.4 Å². The molecule has 0 aromatic heterocycles. The molecule has 2 amide bonds. The van der Waals surface area contributed by atoms with Crippen LogP contribution in [0.25, 0.3) is 0 Å². The van der Waals surface area contributed by atoms with Gasteiger partial charge in [-0.1, -0.05) is 23.8 Å². The van der Waals surface area contributed by atoms with E-state index < -0.39 is 0 Å². The molecule has 0 aliphatic carbocycles. The van der Waals surface area contributed by atoms with Crippen molar-refractivity contribution in [2.24, 2.45) is 0 Å². The van der Waals surface area contributed by atoms with E-state index in [0.29, 0.717) is 11.1 Å². The molecule has 0 saturated heterocycles. The summed E-state index contributed by atoms with van der Waals surface area (Å²) in [6, 6.07) is 12.5. The van der Waals surface area contributed by atoms with Crippen LogP contribution in [0.4, 0.5) is 0 Å². The molecule has 0 fully saturated rings. The van der Waals surface area contributed by atoms with Crippen LogP contribution >= 0.6 is 22.6 Å². The molecule has 108 valence electrons. The quantitative estimate of drug-likeness (QED) is 0.608. The number of carbonyl (C=O) groups excluding carboxylic acids is 2. The zero-order valence-electron chi connectivity index (χ0n) is 11.7. The summed E-state index contributed by atoms with van der Waals surface area (Å²) in [5.41, 5.74) is 7.95. The van der Waals surface area contributed by atoms with Crippen molar-refractivity contribution in [3.8, 4) is 0 Å². The lowest BCUT2D eigenvalue weighted by atomic mass is 10.1.